The topological polar surface area (TPSA) is 64.0 Å². The van der Waals surface area contributed by atoms with Crippen LogP contribution >= 0.6 is 11.3 Å². The van der Waals surface area contributed by atoms with E-state index in [-0.39, 0.29) is 0 Å². The van der Waals surface area contributed by atoms with Crippen LogP contribution in [0.4, 0.5) is 5.13 Å². The van der Waals surface area contributed by atoms with Crippen molar-refractivity contribution < 1.29 is 4.74 Å². The Labute approximate surface area is 138 Å². The second kappa shape index (κ2) is 6.45. The maximum absolute atomic E-state index is 5.71. The van der Waals surface area contributed by atoms with Crippen LogP contribution in [0.2, 0.25) is 0 Å². The second-order valence-electron chi connectivity index (χ2n) is 5.64. The Hall–Kier alpha value is -2.28. The molecule has 1 aliphatic heterocycles. The van der Waals surface area contributed by atoms with Gasteiger partial charge in [0.15, 0.2) is 5.13 Å². The Morgan fingerprint density at radius 2 is 2.17 bits per heavy atom. The summed E-state index contributed by atoms with van der Waals surface area (Å²) in [6.45, 7) is 2.65. The number of piperidine rings is 1. The Balaban J connectivity index is 1.42. The van der Waals surface area contributed by atoms with Crippen molar-refractivity contribution in [3.63, 3.8) is 0 Å². The molecule has 0 radical (unpaired) electrons. The number of anilines is 1. The third-order valence-corrected chi connectivity index (χ3v) is 5.06. The highest BCUT2D eigenvalue weighted by molar-refractivity contribution is 7.22. The molecule has 0 aromatic carbocycles. The van der Waals surface area contributed by atoms with E-state index in [2.05, 4.69) is 19.9 Å². The van der Waals surface area contributed by atoms with Crippen molar-refractivity contribution >= 4 is 26.7 Å². The van der Waals surface area contributed by atoms with Gasteiger partial charge in [0.05, 0.1) is 17.5 Å². The number of thiazole rings is 1. The van der Waals surface area contributed by atoms with Crippen LogP contribution in [-0.4, -0.2) is 39.6 Å². The summed E-state index contributed by atoms with van der Waals surface area (Å²) in [5.41, 5.74) is 0.976. The van der Waals surface area contributed by atoms with E-state index in [1.165, 1.54) is 4.70 Å². The third kappa shape index (κ3) is 3.24. The molecule has 1 saturated heterocycles. The van der Waals surface area contributed by atoms with Crippen LogP contribution in [0.25, 0.3) is 10.2 Å². The van der Waals surface area contributed by atoms with Gasteiger partial charge in [-0.05, 0) is 25.0 Å². The van der Waals surface area contributed by atoms with Gasteiger partial charge in [-0.2, -0.15) is 0 Å². The number of nitrogens with zero attached hydrogens (tertiary/aromatic N) is 5. The molecule has 118 valence electrons. The number of ether oxygens (including phenoxy) is 1. The minimum Gasteiger partial charge on any atom is -0.463 e. The van der Waals surface area contributed by atoms with E-state index in [0.29, 0.717) is 18.5 Å². The number of rotatable bonds is 4. The fourth-order valence-electron chi connectivity index (χ4n) is 2.83. The zero-order valence-electron chi connectivity index (χ0n) is 12.6. The van der Waals surface area contributed by atoms with E-state index < -0.39 is 0 Å². The van der Waals surface area contributed by atoms with Gasteiger partial charge in [-0.1, -0.05) is 11.3 Å². The van der Waals surface area contributed by atoms with Gasteiger partial charge in [0, 0.05) is 37.6 Å². The quantitative estimate of drug-likeness (QED) is 0.734. The summed E-state index contributed by atoms with van der Waals surface area (Å²) >= 11 is 1.73. The summed E-state index contributed by atoms with van der Waals surface area (Å²) in [7, 11) is 0. The average molecular weight is 327 g/mol. The number of pyridine rings is 1. The van der Waals surface area contributed by atoms with Crippen molar-refractivity contribution in [1.82, 2.24) is 19.9 Å². The van der Waals surface area contributed by atoms with E-state index in [1.54, 1.807) is 29.8 Å². The highest BCUT2D eigenvalue weighted by atomic mass is 32.1. The molecule has 4 rings (SSSR count). The molecule has 0 saturated carbocycles. The first kappa shape index (κ1) is 14.3. The monoisotopic (exact) mass is 327 g/mol. The van der Waals surface area contributed by atoms with Crippen molar-refractivity contribution in [3.8, 4) is 6.01 Å². The van der Waals surface area contributed by atoms with Crippen LogP contribution in [0.15, 0.2) is 36.9 Å². The Kier molecular flexibility index (Phi) is 4.02. The van der Waals surface area contributed by atoms with Gasteiger partial charge < -0.3 is 9.64 Å². The number of hydrogen-bond acceptors (Lipinski definition) is 7. The summed E-state index contributed by atoms with van der Waals surface area (Å²) in [6, 6.07) is 4.26. The Bertz CT molecular complexity index is 745. The van der Waals surface area contributed by atoms with Crippen LogP contribution < -0.4 is 9.64 Å². The van der Waals surface area contributed by atoms with Gasteiger partial charge in [-0.15, -0.1) is 0 Å². The zero-order chi connectivity index (χ0) is 15.5. The molecular weight excluding hydrogens is 310 g/mol. The van der Waals surface area contributed by atoms with Gasteiger partial charge in [0.2, 0.25) is 0 Å². The van der Waals surface area contributed by atoms with Gasteiger partial charge in [0.1, 0.15) is 5.52 Å². The molecule has 3 aromatic rings. The maximum atomic E-state index is 5.71. The SMILES string of the molecule is c1cnc(OCC2CCCN(c3nc4cnccc4s3)C2)nc1. The van der Waals surface area contributed by atoms with Crippen molar-refractivity contribution in [3.05, 3.63) is 36.9 Å². The van der Waals surface area contributed by atoms with E-state index >= 15 is 0 Å². The van der Waals surface area contributed by atoms with Crippen molar-refractivity contribution in [2.24, 2.45) is 5.92 Å². The molecule has 0 N–H and O–H groups in total. The molecule has 1 atom stereocenters. The first-order valence-electron chi connectivity index (χ1n) is 7.74. The van der Waals surface area contributed by atoms with E-state index in [9.17, 15) is 0 Å². The summed E-state index contributed by atoms with van der Waals surface area (Å²) in [5.74, 6) is 0.470. The molecule has 1 aliphatic rings. The lowest BCUT2D eigenvalue weighted by molar-refractivity contribution is 0.214. The molecule has 7 heteroatoms. The lowest BCUT2D eigenvalue weighted by Crippen LogP contribution is -2.37. The zero-order valence-corrected chi connectivity index (χ0v) is 13.4. The predicted molar refractivity (Wildman–Crippen MR) is 89.9 cm³/mol. The third-order valence-electron chi connectivity index (χ3n) is 3.96. The van der Waals surface area contributed by atoms with Crippen LogP contribution in [0.3, 0.4) is 0 Å². The largest absolute Gasteiger partial charge is 0.463 e. The molecule has 1 unspecified atom stereocenters. The minimum absolute atomic E-state index is 0.454. The lowest BCUT2D eigenvalue weighted by Gasteiger charge is -2.32. The molecular formula is C16H17N5OS. The van der Waals surface area contributed by atoms with Crippen molar-refractivity contribution in [2.45, 2.75) is 12.8 Å². The van der Waals surface area contributed by atoms with E-state index in [4.69, 9.17) is 9.72 Å². The molecule has 0 amide bonds. The Morgan fingerprint density at radius 1 is 1.26 bits per heavy atom. The number of hydrogen-bond donors (Lipinski definition) is 0. The first-order valence-corrected chi connectivity index (χ1v) is 8.55. The van der Waals surface area contributed by atoms with E-state index in [1.807, 2.05) is 18.5 Å². The summed E-state index contributed by atoms with van der Waals surface area (Å²) in [6.07, 6.45) is 9.35. The van der Waals surface area contributed by atoms with Crippen LogP contribution in [0, 0.1) is 5.92 Å². The highest BCUT2D eigenvalue weighted by Crippen LogP contribution is 2.31. The molecule has 3 aromatic heterocycles. The lowest BCUT2D eigenvalue weighted by atomic mass is 9.99. The van der Waals surface area contributed by atoms with Crippen LogP contribution in [0.1, 0.15) is 12.8 Å². The average Bonchev–Trinajstić information content (AvgIpc) is 3.05. The van der Waals surface area contributed by atoms with E-state index in [0.717, 1.165) is 36.6 Å². The molecule has 4 heterocycles. The van der Waals surface area contributed by atoms with Crippen molar-refractivity contribution in [2.75, 3.05) is 24.6 Å². The number of fused-ring (bicyclic) bond motifs is 1. The van der Waals surface area contributed by atoms with Gasteiger partial charge in [-0.25, -0.2) is 15.0 Å². The number of aromatic nitrogens is 4. The molecule has 23 heavy (non-hydrogen) atoms. The molecule has 0 spiro atoms. The molecule has 0 aliphatic carbocycles. The fraction of sp³-hybridized carbons (Fsp3) is 0.375. The summed E-state index contributed by atoms with van der Waals surface area (Å²) < 4.78 is 6.90. The molecule has 0 bridgehead atoms. The van der Waals surface area contributed by atoms with Gasteiger partial charge in [0.25, 0.3) is 0 Å². The van der Waals surface area contributed by atoms with Crippen LogP contribution in [0.5, 0.6) is 6.01 Å². The van der Waals surface area contributed by atoms with Crippen molar-refractivity contribution in [1.29, 1.82) is 0 Å². The fourth-order valence-corrected chi connectivity index (χ4v) is 3.80. The predicted octanol–water partition coefficient (Wildman–Crippen LogP) is 2.78. The highest BCUT2D eigenvalue weighted by Gasteiger charge is 2.23. The van der Waals surface area contributed by atoms with Gasteiger partial charge >= 0.3 is 6.01 Å². The van der Waals surface area contributed by atoms with Crippen LogP contribution in [-0.2, 0) is 0 Å². The molecule has 6 nitrogen and oxygen atoms in total. The summed E-state index contributed by atoms with van der Waals surface area (Å²) in [5, 5.41) is 1.08. The smallest absolute Gasteiger partial charge is 0.316 e. The normalized spacial score (nSPS) is 18.3. The standard InChI is InChI=1S/C16H17N5OS/c1-3-12(11-22-15-18-5-2-6-19-15)10-21(8-1)16-20-13-9-17-7-4-14(13)23-16/h2,4-7,9,12H,1,3,8,10-11H2. The Morgan fingerprint density at radius 3 is 3.04 bits per heavy atom. The minimum atomic E-state index is 0.454. The maximum Gasteiger partial charge on any atom is 0.316 e. The summed E-state index contributed by atoms with van der Waals surface area (Å²) in [4.78, 5) is 19.4. The van der Waals surface area contributed by atoms with Gasteiger partial charge in [-0.3, -0.25) is 4.98 Å². The second-order valence-corrected chi connectivity index (χ2v) is 6.65. The molecule has 1 fully saturated rings. The first-order chi connectivity index (χ1) is 11.4.